The van der Waals surface area contributed by atoms with E-state index in [0.717, 1.165) is 29.2 Å². The zero-order valence-electron chi connectivity index (χ0n) is 19.1. The molecule has 0 aliphatic carbocycles. The van der Waals surface area contributed by atoms with E-state index in [1.54, 1.807) is 0 Å². The number of carbonyl (C=O) groups is 2. The maximum absolute atomic E-state index is 15.0. The highest BCUT2D eigenvalue weighted by molar-refractivity contribution is 6.31. The van der Waals surface area contributed by atoms with Crippen molar-refractivity contribution in [2.45, 2.75) is 13.0 Å². The van der Waals surface area contributed by atoms with Gasteiger partial charge < -0.3 is 14.6 Å². The van der Waals surface area contributed by atoms with Gasteiger partial charge in [-0.25, -0.2) is 28.1 Å². The minimum absolute atomic E-state index is 0.0193. The Morgan fingerprint density at radius 2 is 1.89 bits per heavy atom. The van der Waals surface area contributed by atoms with E-state index in [4.69, 9.17) is 20.9 Å². The van der Waals surface area contributed by atoms with Crippen LogP contribution < -0.4 is 20.9 Å². The Labute approximate surface area is 211 Å². The standard InChI is InChI=1S/C22H17ClF3N7O4/c1-10(29-22(35)31-30-21(34)17-6-18(36-2)32-37-17)19-15(25)3-11(7-27-19)14-4-12(23)5-16(26)20(14)33-9-13(24)8-28-33/h3-10H,1-2H3,(H,30,34)(H2,29,31,35)/t10-/m1/s1. The molecular weight excluding hydrogens is 519 g/mol. The van der Waals surface area contributed by atoms with Gasteiger partial charge in [-0.1, -0.05) is 11.6 Å². The lowest BCUT2D eigenvalue weighted by Gasteiger charge is -2.16. The molecule has 0 aliphatic rings. The van der Waals surface area contributed by atoms with E-state index in [1.165, 1.54) is 32.4 Å². The third-order valence-corrected chi connectivity index (χ3v) is 5.18. The first-order valence-corrected chi connectivity index (χ1v) is 10.8. The summed E-state index contributed by atoms with van der Waals surface area (Å²) in [6.07, 6.45) is 3.08. The van der Waals surface area contributed by atoms with E-state index < -0.39 is 35.4 Å². The number of methoxy groups -OCH3 is 1. The fourth-order valence-electron chi connectivity index (χ4n) is 3.29. The summed E-state index contributed by atoms with van der Waals surface area (Å²) in [7, 11) is 1.33. The zero-order chi connectivity index (χ0) is 26.7. The van der Waals surface area contributed by atoms with Gasteiger partial charge in [-0.05, 0) is 30.3 Å². The highest BCUT2D eigenvalue weighted by Gasteiger charge is 2.21. The van der Waals surface area contributed by atoms with Crippen molar-refractivity contribution in [3.63, 3.8) is 0 Å². The molecule has 0 fully saturated rings. The van der Waals surface area contributed by atoms with Crippen LogP contribution in [0.2, 0.25) is 5.02 Å². The molecule has 0 unspecified atom stereocenters. The lowest BCUT2D eigenvalue weighted by molar-refractivity contribution is 0.0898. The number of aromatic nitrogens is 4. The summed E-state index contributed by atoms with van der Waals surface area (Å²) < 4.78 is 53.7. The maximum atomic E-state index is 15.0. The van der Waals surface area contributed by atoms with Gasteiger partial charge in [-0.15, -0.1) is 0 Å². The minimum atomic E-state index is -0.952. The number of hydrogen-bond donors (Lipinski definition) is 3. The van der Waals surface area contributed by atoms with Gasteiger partial charge in [-0.2, -0.15) is 5.10 Å². The highest BCUT2D eigenvalue weighted by Crippen LogP contribution is 2.33. The van der Waals surface area contributed by atoms with E-state index in [2.05, 4.69) is 31.4 Å². The van der Waals surface area contributed by atoms with Crippen LogP contribution in [-0.4, -0.2) is 39.0 Å². The van der Waals surface area contributed by atoms with Crippen molar-refractivity contribution in [1.29, 1.82) is 0 Å². The first-order chi connectivity index (χ1) is 17.7. The number of pyridine rings is 1. The van der Waals surface area contributed by atoms with Gasteiger partial charge in [0.2, 0.25) is 5.76 Å². The minimum Gasteiger partial charge on any atom is -0.479 e. The molecule has 0 saturated heterocycles. The first-order valence-electron chi connectivity index (χ1n) is 10.4. The molecule has 3 aromatic heterocycles. The molecule has 15 heteroatoms. The van der Waals surface area contributed by atoms with E-state index in [9.17, 15) is 18.4 Å². The van der Waals surface area contributed by atoms with Crippen LogP contribution in [0.25, 0.3) is 16.8 Å². The van der Waals surface area contributed by atoms with Crippen molar-refractivity contribution in [3.8, 4) is 22.7 Å². The van der Waals surface area contributed by atoms with Gasteiger partial charge in [-0.3, -0.25) is 15.2 Å². The summed E-state index contributed by atoms with van der Waals surface area (Å²) in [5.74, 6) is -3.31. The van der Waals surface area contributed by atoms with Gasteiger partial charge in [0.25, 0.3) is 5.88 Å². The Hall–Kier alpha value is -4.59. The topological polar surface area (TPSA) is 136 Å². The number of nitrogens with one attached hydrogen (secondary N) is 3. The van der Waals surface area contributed by atoms with Crippen LogP contribution in [-0.2, 0) is 0 Å². The number of halogens is 4. The summed E-state index contributed by atoms with van der Waals surface area (Å²) in [6.45, 7) is 1.45. The Balaban J connectivity index is 1.48. The third kappa shape index (κ3) is 5.64. The van der Waals surface area contributed by atoms with Crippen molar-refractivity contribution in [1.82, 2.24) is 36.1 Å². The van der Waals surface area contributed by atoms with E-state index in [0.29, 0.717) is 0 Å². The van der Waals surface area contributed by atoms with Gasteiger partial charge >= 0.3 is 11.9 Å². The Morgan fingerprint density at radius 3 is 2.54 bits per heavy atom. The molecule has 4 rings (SSSR count). The fourth-order valence-corrected chi connectivity index (χ4v) is 3.50. The number of benzene rings is 1. The van der Waals surface area contributed by atoms with Crippen LogP contribution in [0.15, 0.2) is 47.4 Å². The second-order valence-corrected chi connectivity index (χ2v) is 7.92. The molecule has 37 heavy (non-hydrogen) atoms. The molecule has 3 amide bonds. The van der Waals surface area contributed by atoms with E-state index in [1.807, 2.05) is 0 Å². The smallest absolute Gasteiger partial charge is 0.334 e. The Morgan fingerprint density at radius 1 is 1.11 bits per heavy atom. The molecule has 3 N–H and O–H groups in total. The molecule has 0 aliphatic heterocycles. The number of nitrogens with zero attached hydrogens (tertiary/aromatic N) is 4. The number of carbonyl (C=O) groups excluding carboxylic acids is 2. The lowest BCUT2D eigenvalue weighted by atomic mass is 10.0. The average molecular weight is 536 g/mol. The molecule has 0 bridgehead atoms. The van der Waals surface area contributed by atoms with E-state index in [-0.39, 0.29) is 39.2 Å². The monoisotopic (exact) mass is 535 g/mol. The lowest BCUT2D eigenvalue weighted by Crippen LogP contribution is -2.47. The predicted molar refractivity (Wildman–Crippen MR) is 122 cm³/mol. The van der Waals surface area contributed by atoms with Crippen molar-refractivity contribution in [2.75, 3.05) is 7.11 Å². The number of hydrazine groups is 1. The molecule has 1 atom stereocenters. The van der Waals surface area contributed by atoms with E-state index >= 15 is 4.39 Å². The largest absolute Gasteiger partial charge is 0.479 e. The molecule has 3 heterocycles. The summed E-state index contributed by atoms with van der Waals surface area (Å²) >= 11 is 5.99. The van der Waals surface area contributed by atoms with Crippen LogP contribution in [0.4, 0.5) is 18.0 Å². The summed E-state index contributed by atoms with van der Waals surface area (Å²) in [5.41, 5.74) is 4.09. The molecule has 1 aromatic carbocycles. The Kier molecular flexibility index (Phi) is 7.29. The van der Waals surface area contributed by atoms with Crippen molar-refractivity contribution in [3.05, 3.63) is 76.8 Å². The SMILES string of the molecule is COc1cc(C(=O)NNC(=O)N[C@H](C)c2ncc(-c3cc(Cl)cc(F)c3-n3cc(F)cn3)cc2F)on1. The normalized spacial score (nSPS) is 11.6. The van der Waals surface area contributed by atoms with Crippen molar-refractivity contribution in [2.24, 2.45) is 0 Å². The van der Waals surface area contributed by atoms with Gasteiger partial charge in [0.05, 0.1) is 37.3 Å². The molecule has 0 radical (unpaired) electrons. The highest BCUT2D eigenvalue weighted by atomic mass is 35.5. The van der Waals surface area contributed by atoms with Crippen molar-refractivity contribution >= 4 is 23.5 Å². The average Bonchev–Trinajstić information content (AvgIpc) is 3.51. The number of ether oxygens (including phenoxy) is 1. The number of hydrogen-bond acceptors (Lipinski definition) is 7. The molecule has 4 aromatic rings. The second kappa shape index (κ2) is 10.6. The molecule has 192 valence electrons. The summed E-state index contributed by atoms with van der Waals surface area (Å²) in [5, 5.41) is 9.64. The Bertz CT molecular complexity index is 1480. The summed E-state index contributed by atoms with van der Waals surface area (Å²) in [6, 6.07) is 2.81. The fraction of sp³-hybridized carbons (Fsp3) is 0.136. The maximum Gasteiger partial charge on any atom is 0.334 e. The third-order valence-electron chi connectivity index (χ3n) is 4.96. The van der Waals surface area contributed by atoms with Gasteiger partial charge in [0.1, 0.15) is 11.5 Å². The second-order valence-electron chi connectivity index (χ2n) is 7.49. The van der Waals surface area contributed by atoms with Gasteiger partial charge in [0, 0.05) is 22.3 Å². The van der Waals surface area contributed by atoms with Crippen LogP contribution in [0.3, 0.4) is 0 Å². The van der Waals surface area contributed by atoms with Crippen LogP contribution in [0.1, 0.15) is 29.2 Å². The number of urea groups is 1. The zero-order valence-corrected chi connectivity index (χ0v) is 19.8. The molecule has 11 nitrogen and oxygen atoms in total. The predicted octanol–water partition coefficient (Wildman–Crippen LogP) is 3.71. The molecular formula is C22H17ClF3N7O4. The summed E-state index contributed by atoms with van der Waals surface area (Å²) in [4.78, 5) is 28.2. The molecule has 0 spiro atoms. The van der Waals surface area contributed by atoms with Gasteiger partial charge in [0.15, 0.2) is 11.6 Å². The van der Waals surface area contributed by atoms with Crippen molar-refractivity contribution < 1.29 is 32.0 Å². The number of rotatable bonds is 6. The van der Waals surface area contributed by atoms with Crippen LogP contribution in [0.5, 0.6) is 5.88 Å². The number of amides is 3. The molecule has 0 saturated carbocycles. The van der Waals surface area contributed by atoms with Crippen LogP contribution >= 0.6 is 11.6 Å². The first kappa shape index (κ1) is 25.5. The van der Waals surface area contributed by atoms with Crippen LogP contribution in [0, 0.1) is 17.5 Å². The quantitative estimate of drug-likeness (QED) is 0.320.